The lowest BCUT2D eigenvalue weighted by Gasteiger charge is -2.10. The highest BCUT2D eigenvalue weighted by Crippen LogP contribution is 2.41. The summed E-state index contributed by atoms with van der Waals surface area (Å²) in [5.41, 5.74) is 9.27. The summed E-state index contributed by atoms with van der Waals surface area (Å²) >= 11 is 0. The molecule has 0 aliphatic heterocycles. The average molecular weight is 500 g/mol. The zero-order chi connectivity index (χ0) is 25.5. The third-order valence-corrected chi connectivity index (χ3v) is 8.00. The predicted octanol–water partition coefficient (Wildman–Crippen LogP) is 10.2. The van der Waals surface area contributed by atoms with Crippen LogP contribution in [-0.4, -0.2) is 4.57 Å². The first-order valence-corrected chi connectivity index (χ1v) is 13.2. The van der Waals surface area contributed by atoms with Gasteiger partial charge in [-0.05, 0) is 48.0 Å². The lowest BCUT2D eigenvalue weighted by atomic mass is 10.0. The van der Waals surface area contributed by atoms with Gasteiger partial charge in [0.15, 0.2) is 0 Å². The Morgan fingerprint density at radius 1 is 0.436 bits per heavy atom. The van der Waals surface area contributed by atoms with E-state index in [1.54, 1.807) is 0 Å². The lowest BCUT2D eigenvalue weighted by Crippen LogP contribution is -1.94. The standard InChI is InChI=1S/C36H21NO2/c1-4-16-30-29(13-1)34-31(20-19-28-26-12-3-6-18-33(26)39-36(28)34)37(30)23-10-7-9-22(21-23)24-14-8-15-27-25-11-2-5-17-32(25)38-35(24)27/h1-21H. The van der Waals surface area contributed by atoms with Gasteiger partial charge in [0.25, 0.3) is 0 Å². The molecule has 9 aromatic rings. The van der Waals surface area contributed by atoms with Crippen molar-refractivity contribution < 1.29 is 8.83 Å². The van der Waals surface area contributed by atoms with Gasteiger partial charge in [-0.3, -0.25) is 0 Å². The second-order valence-corrected chi connectivity index (χ2v) is 10.1. The molecule has 6 aromatic carbocycles. The van der Waals surface area contributed by atoms with Crippen LogP contribution < -0.4 is 0 Å². The summed E-state index contributed by atoms with van der Waals surface area (Å²) in [4.78, 5) is 0. The molecule has 0 aliphatic rings. The monoisotopic (exact) mass is 499 g/mol. The third kappa shape index (κ3) is 2.82. The van der Waals surface area contributed by atoms with Crippen molar-refractivity contribution >= 4 is 65.7 Å². The number of rotatable bonds is 2. The van der Waals surface area contributed by atoms with Crippen LogP contribution in [0.1, 0.15) is 0 Å². The molecule has 0 saturated carbocycles. The van der Waals surface area contributed by atoms with E-state index in [9.17, 15) is 0 Å². The maximum Gasteiger partial charge on any atom is 0.145 e. The van der Waals surface area contributed by atoms with Crippen LogP contribution in [0.3, 0.4) is 0 Å². The molecule has 0 atom stereocenters. The highest BCUT2D eigenvalue weighted by Gasteiger charge is 2.19. The molecule has 0 unspecified atom stereocenters. The van der Waals surface area contributed by atoms with Gasteiger partial charge in [0.1, 0.15) is 22.3 Å². The van der Waals surface area contributed by atoms with Gasteiger partial charge in [0.2, 0.25) is 0 Å². The number of hydrogen-bond acceptors (Lipinski definition) is 2. The third-order valence-electron chi connectivity index (χ3n) is 8.00. The van der Waals surface area contributed by atoms with Crippen LogP contribution in [-0.2, 0) is 0 Å². The van der Waals surface area contributed by atoms with E-state index in [1.165, 1.54) is 5.39 Å². The number of para-hydroxylation sites is 4. The maximum atomic E-state index is 6.47. The Bertz CT molecular complexity index is 2400. The van der Waals surface area contributed by atoms with Gasteiger partial charge in [-0.15, -0.1) is 0 Å². The molecule has 0 N–H and O–H groups in total. The van der Waals surface area contributed by atoms with E-state index < -0.39 is 0 Å². The van der Waals surface area contributed by atoms with Crippen molar-refractivity contribution in [3.63, 3.8) is 0 Å². The van der Waals surface area contributed by atoms with Gasteiger partial charge >= 0.3 is 0 Å². The fourth-order valence-electron chi connectivity index (χ4n) is 6.30. The fourth-order valence-corrected chi connectivity index (χ4v) is 6.30. The molecule has 0 amide bonds. The Balaban J connectivity index is 1.33. The molecule has 3 aromatic heterocycles. The average Bonchev–Trinajstić information content (AvgIpc) is 3.66. The summed E-state index contributed by atoms with van der Waals surface area (Å²) in [6.07, 6.45) is 0. The molecule has 182 valence electrons. The molecular formula is C36H21NO2. The number of fused-ring (bicyclic) bond motifs is 10. The van der Waals surface area contributed by atoms with Crippen LogP contribution in [0.25, 0.3) is 82.5 Å². The summed E-state index contributed by atoms with van der Waals surface area (Å²) in [5.74, 6) is 0. The van der Waals surface area contributed by atoms with E-state index in [0.29, 0.717) is 0 Å². The van der Waals surface area contributed by atoms with Crippen LogP contribution in [0.4, 0.5) is 0 Å². The molecule has 9 rings (SSSR count). The fraction of sp³-hybridized carbons (Fsp3) is 0. The summed E-state index contributed by atoms with van der Waals surface area (Å²) in [6, 6.07) is 44.7. The van der Waals surface area contributed by atoms with Gasteiger partial charge in [0.05, 0.1) is 16.4 Å². The zero-order valence-electron chi connectivity index (χ0n) is 20.9. The summed E-state index contributed by atoms with van der Waals surface area (Å²) < 4.78 is 15.2. The molecule has 3 heterocycles. The summed E-state index contributed by atoms with van der Waals surface area (Å²) in [7, 11) is 0. The van der Waals surface area contributed by atoms with E-state index in [2.05, 4.69) is 108 Å². The van der Waals surface area contributed by atoms with Crippen molar-refractivity contribution in [2.75, 3.05) is 0 Å². The Morgan fingerprint density at radius 2 is 1.08 bits per heavy atom. The van der Waals surface area contributed by atoms with Crippen LogP contribution in [0.2, 0.25) is 0 Å². The van der Waals surface area contributed by atoms with E-state index >= 15 is 0 Å². The molecule has 0 bridgehead atoms. The smallest absolute Gasteiger partial charge is 0.145 e. The SMILES string of the molecule is c1cc(-c2cccc3c2oc2ccccc23)cc(-n2c3ccccc3c3c4oc5ccccc5c4ccc32)c1. The Morgan fingerprint density at radius 3 is 1.90 bits per heavy atom. The van der Waals surface area contributed by atoms with Crippen LogP contribution in [0.5, 0.6) is 0 Å². The minimum Gasteiger partial charge on any atom is -0.455 e. The second kappa shape index (κ2) is 7.62. The van der Waals surface area contributed by atoms with Crippen LogP contribution in [0, 0.1) is 0 Å². The molecule has 0 spiro atoms. The second-order valence-electron chi connectivity index (χ2n) is 10.1. The van der Waals surface area contributed by atoms with Crippen molar-refractivity contribution in [2.24, 2.45) is 0 Å². The van der Waals surface area contributed by atoms with Gasteiger partial charge in [-0.1, -0.05) is 84.9 Å². The lowest BCUT2D eigenvalue weighted by molar-refractivity contribution is 0.670. The molecular weight excluding hydrogens is 478 g/mol. The Hall–Kier alpha value is -5.28. The van der Waals surface area contributed by atoms with Crippen molar-refractivity contribution in [3.05, 3.63) is 127 Å². The van der Waals surface area contributed by atoms with E-state index in [-0.39, 0.29) is 0 Å². The summed E-state index contributed by atoms with van der Waals surface area (Å²) in [5, 5.41) is 6.89. The number of hydrogen-bond donors (Lipinski definition) is 0. The Kier molecular flexibility index (Phi) is 4.05. The summed E-state index contributed by atoms with van der Waals surface area (Å²) in [6.45, 7) is 0. The highest BCUT2D eigenvalue weighted by atomic mass is 16.3. The molecule has 3 nitrogen and oxygen atoms in total. The quantitative estimate of drug-likeness (QED) is 0.237. The van der Waals surface area contributed by atoms with Crippen LogP contribution in [0.15, 0.2) is 136 Å². The minimum absolute atomic E-state index is 0.911. The van der Waals surface area contributed by atoms with Gasteiger partial charge in [0, 0.05) is 38.2 Å². The highest BCUT2D eigenvalue weighted by molar-refractivity contribution is 6.23. The minimum atomic E-state index is 0.911. The van der Waals surface area contributed by atoms with Crippen molar-refractivity contribution in [3.8, 4) is 16.8 Å². The first-order valence-electron chi connectivity index (χ1n) is 13.2. The van der Waals surface area contributed by atoms with E-state index in [0.717, 1.165) is 77.1 Å². The van der Waals surface area contributed by atoms with Gasteiger partial charge in [-0.25, -0.2) is 0 Å². The number of nitrogens with zero attached hydrogens (tertiary/aromatic N) is 1. The molecule has 0 aliphatic carbocycles. The van der Waals surface area contributed by atoms with Gasteiger partial charge in [-0.2, -0.15) is 0 Å². The van der Waals surface area contributed by atoms with Crippen molar-refractivity contribution in [1.29, 1.82) is 0 Å². The normalized spacial score (nSPS) is 12.1. The molecule has 39 heavy (non-hydrogen) atoms. The van der Waals surface area contributed by atoms with Crippen LogP contribution >= 0.6 is 0 Å². The van der Waals surface area contributed by atoms with E-state index in [1.807, 2.05) is 24.3 Å². The predicted molar refractivity (Wildman–Crippen MR) is 161 cm³/mol. The number of furan rings is 2. The number of aromatic nitrogens is 1. The van der Waals surface area contributed by atoms with Crippen molar-refractivity contribution in [1.82, 2.24) is 4.57 Å². The topological polar surface area (TPSA) is 31.2 Å². The molecule has 0 fully saturated rings. The molecule has 3 heteroatoms. The zero-order valence-corrected chi connectivity index (χ0v) is 20.9. The Labute approximate surface area is 223 Å². The van der Waals surface area contributed by atoms with Gasteiger partial charge < -0.3 is 13.4 Å². The molecule has 0 radical (unpaired) electrons. The first-order chi connectivity index (χ1) is 19.3. The molecule has 0 saturated heterocycles. The number of benzene rings is 6. The van der Waals surface area contributed by atoms with E-state index in [4.69, 9.17) is 8.83 Å². The largest absolute Gasteiger partial charge is 0.455 e. The first kappa shape index (κ1) is 20.7. The maximum absolute atomic E-state index is 6.47. The van der Waals surface area contributed by atoms with Crippen molar-refractivity contribution in [2.45, 2.75) is 0 Å².